The van der Waals surface area contributed by atoms with E-state index in [1.165, 1.54) is 0 Å². The minimum Gasteiger partial charge on any atom is -0.396 e. The third kappa shape index (κ3) is 2.24. The minimum atomic E-state index is 0.0468. The highest BCUT2D eigenvalue weighted by Gasteiger charge is 2.37. The van der Waals surface area contributed by atoms with Gasteiger partial charge in [0.05, 0.1) is 0 Å². The second-order valence-electron chi connectivity index (χ2n) is 4.58. The van der Waals surface area contributed by atoms with E-state index in [4.69, 9.17) is 0 Å². The molecule has 2 rings (SSSR count). The van der Waals surface area contributed by atoms with Crippen LogP contribution in [0.1, 0.15) is 18.9 Å². The lowest BCUT2D eigenvalue weighted by Crippen LogP contribution is -2.34. The average Bonchev–Trinajstić information content (AvgIpc) is 2.55. The number of aliphatic hydroxyl groups excluding tert-OH is 1. The zero-order valence-corrected chi connectivity index (χ0v) is 11.6. The van der Waals surface area contributed by atoms with E-state index in [0.29, 0.717) is 6.42 Å². The molecular weight excluding hydrogens is 282 g/mol. The van der Waals surface area contributed by atoms with Gasteiger partial charge in [-0.25, -0.2) is 0 Å². The van der Waals surface area contributed by atoms with Crippen LogP contribution in [0.3, 0.4) is 0 Å². The Bertz CT molecular complexity index is 447. The molecule has 1 aromatic carbocycles. The Kier molecular flexibility index (Phi) is 3.54. The number of aliphatic hydroxyl groups is 1. The van der Waals surface area contributed by atoms with Gasteiger partial charge in [-0.2, -0.15) is 0 Å². The first-order valence-electron chi connectivity index (χ1n) is 5.73. The fourth-order valence-corrected chi connectivity index (χ4v) is 2.87. The molecule has 0 bridgehead atoms. The van der Waals surface area contributed by atoms with Crippen LogP contribution in [-0.2, 0) is 4.79 Å². The summed E-state index contributed by atoms with van der Waals surface area (Å²) in [5.41, 5.74) is 2.01. The van der Waals surface area contributed by atoms with E-state index in [2.05, 4.69) is 15.9 Å². The van der Waals surface area contributed by atoms with Crippen LogP contribution in [0.5, 0.6) is 0 Å². The van der Waals surface area contributed by atoms with Crippen LogP contribution in [0.25, 0.3) is 0 Å². The van der Waals surface area contributed by atoms with Gasteiger partial charge in [0.25, 0.3) is 0 Å². The standard InChI is InChI=1S/C13H16BrNO2/c1-8-5-11(14)3-4-12(8)15-9(2)10(7-16)6-13(15)17/h3-5,9-10,16H,6-7H2,1-2H3. The van der Waals surface area contributed by atoms with Gasteiger partial charge in [-0.3, -0.25) is 4.79 Å². The summed E-state index contributed by atoms with van der Waals surface area (Å²) in [5.74, 6) is 0.146. The van der Waals surface area contributed by atoms with E-state index >= 15 is 0 Å². The summed E-state index contributed by atoms with van der Waals surface area (Å²) in [4.78, 5) is 13.8. The van der Waals surface area contributed by atoms with E-state index in [1.807, 2.05) is 36.9 Å². The van der Waals surface area contributed by atoms with Crippen molar-refractivity contribution in [2.45, 2.75) is 26.3 Å². The van der Waals surface area contributed by atoms with Crippen LogP contribution in [0.4, 0.5) is 5.69 Å². The maximum absolute atomic E-state index is 12.0. The van der Waals surface area contributed by atoms with Gasteiger partial charge in [0.2, 0.25) is 5.91 Å². The Labute approximate surface area is 110 Å². The van der Waals surface area contributed by atoms with Gasteiger partial charge in [0.15, 0.2) is 0 Å². The monoisotopic (exact) mass is 297 g/mol. The Balaban J connectivity index is 2.36. The zero-order chi connectivity index (χ0) is 12.6. The molecule has 1 aliphatic heterocycles. The molecule has 1 saturated heterocycles. The van der Waals surface area contributed by atoms with Gasteiger partial charge < -0.3 is 10.0 Å². The maximum Gasteiger partial charge on any atom is 0.227 e. The average molecular weight is 298 g/mol. The molecule has 92 valence electrons. The predicted octanol–water partition coefficient (Wildman–Crippen LogP) is 2.49. The van der Waals surface area contributed by atoms with Crippen molar-refractivity contribution in [3.8, 4) is 0 Å². The number of rotatable bonds is 2. The molecule has 0 saturated carbocycles. The maximum atomic E-state index is 12.0. The Morgan fingerprint density at radius 2 is 2.24 bits per heavy atom. The molecule has 2 atom stereocenters. The molecule has 0 aromatic heterocycles. The van der Waals surface area contributed by atoms with Crippen molar-refractivity contribution in [3.05, 3.63) is 28.2 Å². The Morgan fingerprint density at radius 1 is 1.53 bits per heavy atom. The van der Waals surface area contributed by atoms with Crippen molar-refractivity contribution in [2.24, 2.45) is 5.92 Å². The lowest BCUT2D eigenvalue weighted by molar-refractivity contribution is -0.117. The highest BCUT2D eigenvalue weighted by atomic mass is 79.9. The summed E-state index contributed by atoms with van der Waals surface area (Å²) in [6.45, 7) is 4.05. The summed E-state index contributed by atoms with van der Waals surface area (Å²) in [7, 11) is 0. The number of hydrogen-bond donors (Lipinski definition) is 1. The van der Waals surface area contributed by atoms with Gasteiger partial charge in [0.1, 0.15) is 0 Å². The van der Waals surface area contributed by atoms with Crippen LogP contribution in [0, 0.1) is 12.8 Å². The van der Waals surface area contributed by atoms with Crippen molar-refractivity contribution in [2.75, 3.05) is 11.5 Å². The largest absolute Gasteiger partial charge is 0.396 e. The highest BCUT2D eigenvalue weighted by Crippen LogP contribution is 2.33. The topological polar surface area (TPSA) is 40.5 Å². The number of aryl methyl sites for hydroxylation is 1. The molecule has 0 radical (unpaired) electrons. The van der Waals surface area contributed by atoms with Crippen LogP contribution in [0.15, 0.2) is 22.7 Å². The minimum absolute atomic E-state index is 0.0468. The second-order valence-corrected chi connectivity index (χ2v) is 5.50. The van der Waals surface area contributed by atoms with Gasteiger partial charge in [-0.05, 0) is 37.6 Å². The molecule has 1 N–H and O–H groups in total. The van der Waals surface area contributed by atoms with Crippen LogP contribution in [-0.4, -0.2) is 23.7 Å². The van der Waals surface area contributed by atoms with E-state index in [9.17, 15) is 9.90 Å². The fraction of sp³-hybridized carbons (Fsp3) is 0.462. The number of carbonyl (C=O) groups excluding carboxylic acids is 1. The fourth-order valence-electron chi connectivity index (χ4n) is 2.39. The quantitative estimate of drug-likeness (QED) is 0.911. The molecule has 1 amide bonds. The number of anilines is 1. The third-order valence-corrected chi connectivity index (χ3v) is 3.94. The van der Waals surface area contributed by atoms with E-state index in [1.54, 1.807) is 0 Å². The Morgan fingerprint density at radius 3 is 2.76 bits per heavy atom. The first-order chi connectivity index (χ1) is 8.04. The molecule has 1 aliphatic rings. The molecule has 0 aliphatic carbocycles. The highest BCUT2D eigenvalue weighted by molar-refractivity contribution is 9.10. The number of amides is 1. The number of halogens is 1. The number of carbonyl (C=O) groups is 1. The lowest BCUT2D eigenvalue weighted by Gasteiger charge is -2.25. The van der Waals surface area contributed by atoms with Gasteiger partial charge >= 0.3 is 0 Å². The third-order valence-electron chi connectivity index (χ3n) is 3.45. The van der Waals surface area contributed by atoms with Crippen molar-refractivity contribution in [1.29, 1.82) is 0 Å². The molecule has 1 heterocycles. The normalized spacial score (nSPS) is 24.5. The van der Waals surface area contributed by atoms with E-state index in [-0.39, 0.29) is 24.5 Å². The second kappa shape index (κ2) is 4.78. The summed E-state index contributed by atoms with van der Waals surface area (Å²) in [6.07, 6.45) is 0.438. The molecule has 2 unspecified atom stereocenters. The summed E-state index contributed by atoms with van der Waals surface area (Å²) >= 11 is 3.42. The summed E-state index contributed by atoms with van der Waals surface area (Å²) < 4.78 is 1.01. The SMILES string of the molecule is Cc1cc(Br)ccc1N1C(=O)CC(CO)C1C. The number of nitrogens with zero attached hydrogens (tertiary/aromatic N) is 1. The molecule has 1 fully saturated rings. The zero-order valence-electron chi connectivity index (χ0n) is 9.98. The van der Waals surface area contributed by atoms with Gasteiger partial charge in [0, 0.05) is 35.1 Å². The van der Waals surface area contributed by atoms with Gasteiger partial charge in [-0.15, -0.1) is 0 Å². The van der Waals surface area contributed by atoms with Crippen molar-refractivity contribution >= 4 is 27.5 Å². The molecule has 17 heavy (non-hydrogen) atoms. The summed E-state index contributed by atoms with van der Waals surface area (Å²) in [5, 5.41) is 9.25. The predicted molar refractivity (Wildman–Crippen MR) is 71.0 cm³/mol. The van der Waals surface area contributed by atoms with Gasteiger partial charge in [-0.1, -0.05) is 15.9 Å². The van der Waals surface area contributed by atoms with Crippen molar-refractivity contribution in [1.82, 2.24) is 0 Å². The molecule has 3 nitrogen and oxygen atoms in total. The lowest BCUT2D eigenvalue weighted by atomic mass is 10.0. The first kappa shape index (κ1) is 12.6. The molecule has 0 spiro atoms. The summed E-state index contributed by atoms with van der Waals surface area (Å²) in [6, 6.07) is 5.96. The van der Waals surface area contributed by atoms with Crippen LogP contribution in [0.2, 0.25) is 0 Å². The smallest absolute Gasteiger partial charge is 0.227 e. The molecular formula is C13H16BrNO2. The van der Waals surface area contributed by atoms with Crippen molar-refractivity contribution < 1.29 is 9.90 Å². The number of hydrogen-bond acceptors (Lipinski definition) is 2. The first-order valence-corrected chi connectivity index (χ1v) is 6.53. The molecule has 1 aromatic rings. The van der Waals surface area contributed by atoms with Crippen LogP contribution >= 0.6 is 15.9 Å². The number of benzene rings is 1. The van der Waals surface area contributed by atoms with Crippen LogP contribution < -0.4 is 4.90 Å². The van der Waals surface area contributed by atoms with Crippen molar-refractivity contribution in [3.63, 3.8) is 0 Å². The van der Waals surface area contributed by atoms with E-state index in [0.717, 1.165) is 15.7 Å². The Hall–Kier alpha value is -0.870. The van der Waals surface area contributed by atoms with E-state index < -0.39 is 0 Å². The molecule has 4 heteroatoms.